The molecule has 2 N–H and O–H groups in total. The molecule has 1 unspecified atom stereocenters. The molecule has 1 aromatic heterocycles. The van der Waals surface area contributed by atoms with Crippen molar-refractivity contribution in [1.29, 1.82) is 0 Å². The van der Waals surface area contributed by atoms with Gasteiger partial charge in [0.05, 0.1) is 31.1 Å². The quantitative estimate of drug-likeness (QED) is 0.756. The molecule has 1 saturated heterocycles. The standard InChI is InChI=1S/C19H28N4O4S/c1-11(2)10-13-14(17(25)22-5-7-27-8-6-22)15(13)18(26)23(16(24)12(3)20)19-21-4-9-28-19/h4,9,11-15H,5-8,10,20H2,1-3H3/t12-,13+,14?,15-/m1/s1. The summed E-state index contributed by atoms with van der Waals surface area (Å²) < 4.78 is 5.33. The summed E-state index contributed by atoms with van der Waals surface area (Å²) in [6, 6.07) is -0.830. The van der Waals surface area contributed by atoms with Crippen molar-refractivity contribution < 1.29 is 19.1 Å². The summed E-state index contributed by atoms with van der Waals surface area (Å²) in [6.45, 7) is 7.80. The van der Waals surface area contributed by atoms with Crippen LogP contribution in [0, 0.1) is 23.7 Å². The molecule has 0 spiro atoms. The highest BCUT2D eigenvalue weighted by Crippen LogP contribution is 2.52. The molecule has 2 aliphatic rings. The van der Waals surface area contributed by atoms with Crippen LogP contribution >= 0.6 is 11.3 Å². The summed E-state index contributed by atoms with van der Waals surface area (Å²) in [5.41, 5.74) is 5.77. The summed E-state index contributed by atoms with van der Waals surface area (Å²) in [5.74, 6) is -1.49. The number of hydrogen-bond acceptors (Lipinski definition) is 7. The van der Waals surface area contributed by atoms with Crippen LogP contribution in [0.15, 0.2) is 11.6 Å². The van der Waals surface area contributed by atoms with Crippen molar-refractivity contribution in [1.82, 2.24) is 9.88 Å². The average molecular weight is 409 g/mol. The van der Waals surface area contributed by atoms with Crippen LogP contribution < -0.4 is 10.6 Å². The van der Waals surface area contributed by atoms with Crippen molar-refractivity contribution in [3.05, 3.63) is 11.6 Å². The Kier molecular flexibility index (Phi) is 6.47. The zero-order chi connectivity index (χ0) is 20.4. The first kappa shape index (κ1) is 20.9. The van der Waals surface area contributed by atoms with Crippen LogP contribution in [0.4, 0.5) is 5.13 Å². The molecule has 1 aromatic rings. The second-order valence-corrected chi connectivity index (χ2v) is 8.77. The summed E-state index contributed by atoms with van der Waals surface area (Å²) in [6.07, 6.45) is 2.30. The molecule has 2 heterocycles. The molecular formula is C19H28N4O4S. The van der Waals surface area contributed by atoms with Crippen LogP contribution in [0.2, 0.25) is 0 Å². The van der Waals surface area contributed by atoms with Gasteiger partial charge in [0.2, 0.25) is 11.8 Å². The zero-order valence-corrected chi connectivity index (χ0v) is 17.4. The molecule has 0 aromatic carbocycles. The van der Waals surface area contributed by atoms with Crippen LogP contribution in [0.3, 0.4) is 0 Å². The van der Waals surface area contributed by atoms with Crippen LogP contribution in [-0.4, -0.2) is 60.0 Å². The molecule has 2 fully saturated rings. The summed E-state index contributed by atoms with van der Waals surface area (Å²) in [5, 5.41) is 2.01. The minimum Gasteiger partial charge on any atom is -0.378 e. The van der Waals surface area contributed by atoms with Gasteiger partial charge in [-0.1, -0.05) is 13.8 Å². The third-order valence-electron chi connectivity index (χ3n) is 5.25. The van der Waals surface area contributed by atoms with Gasteiger partial charge in [-0.05, 0) is 25.2 Å². The number of aromatic nitrogens is 1. The molecule has 3 rings (SSSR count). The molecular weight excluding hydrogens is 380 g/mol. The molecule has 1 aliphatic heterocycles. The van der Waals surface area contributed by atoms with Crippen molar-refractivity contribution in [3.8, 4) is 0 Å². The van der Waals surface area contributed by atoms with Gasteiger partial charge >= 0.3 is 0 Å². The zero-order valence-electron chi connectivity index (χ0n) is 16.5. The number of hydrogen-bond donors (Lipinski definition) is 1. The largest absolute Gasteiger partial charge is 0.378 e. The van der Waals surface area contributed by atoms with Crippen molar-refractivity contribution in [3.63, 3.8) is 0 Å². The maximum absolute atomic E-state index is 13.4. The van der Waals surface area contributed by atoms with E-state index in [4.69, 9.17) is 10.5 Å². The number of morpholine rings is 1. The third kappa shape index (κ3) is 4.26. The minimum absolute atomic E-state index is 0.0142. The topological polar surface area (TPSA) is 106 Å². The van der Waals surface area contributed by atoms with Gasteiger partial charge in [-0.15, -0.1) is 11.3 Å². The fraction of sp³-hybridized carbons (Fsp3) is 0.684. The normalized spacial score (nSPS) is 25.5. The Bertz CT molecular complexity index is 716. The van der Waals surface area contributed by atoms with Crippen molar-refractivity contribution in [2.45, 2.75) is 33.2 Å². The molecule has 1 saturated carbocycles. The van der Waals surface area contributed by atoms with E-state index in [1.54, 1.807) is 23.4 Å². The monoisotopic (exact) mass is 408 g/mol. The van der Waals surface area contributed by atoms with E-state index in [1.165, 1.54) is 11.3 Å². The van der Waals surface area contributed by atoms with Gasteiger partial charge in [0.25, 0.3) is 5.91 Å². The lowest BCUT2D eigenvalue weighted by Crippen LogP contribution is -2.47. The lowest BCUT2D eigenvalue weighted by Gasteiger charge is -2.27. The number of imide groups is 1. The Morgan fingerprint density at radius 1 is 1.29 bits per heavy atom. The van der Waals surface area contributed by atoms with E-state index in [9.17, 15) is 14.4 Å². The summed E-state index contributed by atoms with van der Waals surface area (Å²) in [4.78, 5) is 46.1. The van der Waals surface area contributed by atoms with Gasteiger partial charge in [0.1, 0.15) is 0 Å². The number of carbonyl (C=O) groups excluding carboxylic acids is 3. The Labute approximate surface area is 169 Å². The number of amides is 3. The lowest BCUT2D eigenvalue weighted by molar-refractivity contribution is -0.138. The summed E-state index contributed by atoms with van der Waals surface area (Å²) in [7, 11) is 0. The number of anilines is 1. The third-order valence-corrected chi connectivity index (χ3v) is 6.00. The maximum Gasteiger partial charge on any atom is 0.252 e. The highest BCUT2D eigenvalue weighted by molar-refractivity contribution is 7.14. The smallest absolute Gasteiger partial charge is 0.252 e. The predicted octanol–water partition coefficient (Wildman–Crippen LogP) is 1.12. The SMILES string of the molecule is CC(C)C[C@H]1C(C(=O)N2CCOCC2)[C@@H]1C(=O)N(C(=O)[C@@H](C)N)c1nccs1. The molecule has 0 radical (unpaired) electrons. The van der Waals surface area contributed by atoms with Crippen molar-refractivity contribution in [2.24, 2.45) is 29.4 Å². The van der Waals surface area contributed by atoms with E-state index in [1.807, 2.05) is 0 Å². The van der Waals surface area contributed by atoms with Gasteiger partial charge < -0.3 is 15.4 Å². The fourth-order valence-corrected chi connectivity index (χ4v) is 4.51. The first-order chi connectivity index (χ1) is 13.3. The second kappa shape index (κ2) is 8.67. The van der Waals surface area contributed by atoms with Gasteiger partial charge in [0, 0.05) is 24.7 Å². The Morgan fingerprint density at radius 2 is 1.96 bits per heavy atom. The average Bonchev–Trinajstić information content (AvgIpc) is 3.09. The molecule has 9 heteroatoms. The predicted molar refractivity (Wildman–Crippen MR) is 106 cm³/mol. The number of nitrogens with zero attached hydrogens (tertiary/aromatic N) is 3. The number of rotatable bonds is 6. The van der Waals surface area contributed by atoms with E-state index in [0.717, 1.165) is 11.3 Å². The molecule has 4 atom stereocenters. The van der Waals surface area contributed by atoms with Gasteiger partial charge in [0.15, 0.2) is 5.13 Å². The highest BCUT2D eigenvalue weighted by atomic mass is 32.1. The van der Waals surface area contributed by atoms with Crippen LogP contribution in [0.1, 0.15) is 27.2 Å². The van der Waals surface area contributed by atoms with Crippen LogP contribution in [0.5, 0.6) is 0 Å². The molecule has 8 nitrogen and oxygen atoms in total. The molecule has 1 aliphatic carbocycles. The number of thiazole rings is 1. The van der Waals surface area contributed by atoms with Gasteiger partial charge in [-0.3, -0.25) is 14.4 Å². The van der Waals surface area contributed by atoms with E-state index < -0.39 is 23.8 Å². The van der Waals surface area contributed by atoms with Crippen molar-refractivity contribution >= 4 is 34.2 Å². The fourth-order valence-electron chi connectivity index (χ4n) is 3.86. The van der Waals surface area contributed by atoms with Crippen LogP contribution in [-0.2, 0) is 19.1 Å². The Morgan fingerprint density at radius 3 is 2.50 bits per heavy atom. The van der Waals surface area contributed by atoms with Gasteiger partial charge in [-0.2, -0.15) is 0 Å². The van der Waals surface area contributed by atoms with Crippen LogP contribution in [0.25, 0.3) is 0 Å². The maximum atomic E-state index is 13.4. The van der Waals surface area contributed by atoms with E-state index in [2.05, 4.69) is 18.8 Å². The molecule has 154 valence electrons. The van der Waals surface area contributed by atoms with E-state index in [-0.39, 0.29) is 17.7 Å². The van der Waals surface area contributed by atoms with E-state index in [0.29, 0.717) is 37.4 Å². The van der Waals surface area contributed by atoms with Gasteiger partial charge in [-0.25, -0.2) is 9.88 Å². The minimum atomic E-state index is -0.830. The molecule has 3 amide bonds. The highest BCUT2D eigenvalue weighted by Gasteiger charge is 2.61. The number of nitrogens with two attached hydrogens (primary N) is 1. The Hall–Kier alpha value is -1.84. The molecule has 28 heavy (non-hydrogen) atoms. The summed E-state index contributed by atoms with van der Waals surface area (Å²) >= 11 is 1.21. The molecule has 0 bridgehead atoms. The van der Waals surface area contributed by atoms with Crippen molar-refractivity contribution in [2.75, 3.05) is 31.2 Å². The lowest BCUT2D eigenvalue weighted by atomic mass is 10.0. The first-order valence-electron chi connectivity index (χ1n) is 9.72. The second-order valence-electron chi connectivity index (χ2n) is 7.90. The number of carbonyl (C=O) groups is 3. The van der Waals surface area contributed by atoms with E-state index >= 15 is 0 Å². The first-order valence-corrected chi connectivity index (χ1v) is 10.6. The Balaban J connectivity index is 1.83. The number of ether oxygens (including phenoxy) is 1.